The van der Waals surface area contributed by atoms with Gasteiger partial charge in [-0.2, -0.15) is 5.26 Å². The molecule has 0 heterocycles. The van der Waals surface area contributed by atoms with Gasteiger partial charge in [-0.1, -0.05) is 51.1 Å². The second-order valence-electron chi connectivity index (χ2n) is 5.53. The average Bonchev–Trinajstić information content (AvgIpc) is 2.28. The number of carbonyl (C=O) groups is 1. The van der Waals surface area contributed by atoms with E-state index in [-0.39, 0.29) is 11.3 Å². The van der Waals surface area contributed by atoms with Gasteiger partial charge in [-0.15, -0.1) is 0 Å². The molecule has 3 heteroatoms. The number of nitrogens with zero attached hydrogens (tertiary/aromatic N) is 2. The highest BCUT2D eigenvalue weighted by Crippen LogP contribution is 2.25. The minimum Gasteiger partial charge on any atom is -0.322 e. The van der Waals surface area contributed by atoms with E-state index in [1.165, 1.54) is 6.92 Å². The van der Waals surface area contributed by atoms with Crippen LogP contribution in [0.5, 0.6) is 0 Å². The van der Waals surface area contributed by atoms with E-state index in [4.69, 9.17) is 0 Å². The third-order valence-electron chi connectivity index (χ3n) is 2.85. The Morgan fingerprint density at radius 1 is 1.33 bits per heavy atom. The van der Waals surface area contributed by atoms with Crippen molar-refractivity contribution >= 4 is 5.91 Å². The van der Waals surface area contributed by atoms with Crippen molar-refractivity contribution in [2.45, 2.75) is 40.3 Å². The summed E-state index contributed by atoms with van der Waals surface area (Å²) >= 11 is 0. The lowest BCUT2D eigenvalue weighted by Crippen LogP contribution is -2.45. The summed E-state index contributed by atoms with van der Waals surface area (Å²) in [6.07, 6.45) is 0. The van der Waals surface area contributed by atoms with Crippen LogP contribution in [-0.4, -0.2) is 16.8 Å². The lowest BCUT2D eigenvalue weighted by molar-refractivity contribution is -0.132. The molecule has 0 radical (unpaired) electrons. The molecular formula is C15H20N2O. The molecule has 0 aliphatic carbocycles. The number of benzene rings is 1. The molecule has 1 atom stereocenters. The summed E-state index contributed by atoms with van der Waals surface area (Å²) in [5.74, 6) is -0.0691. The summed E-state index contributed by atoms with van der Waals surface area (Å²) in [5, 5.41) is 9.32. The Morgan fingerprint density at radius 3 is 2.28 bits per heavy atom. The summed E-state index contributed by atoms with van der Waals surface area (Å²) in [6.45, 7) is 7.91. The van der Waals surface area contributed by atoms with Crippen LogP contribution in [0.15, 0.2) is 30.3 Å². The molecule has 3 nitrogen and oxygen atoms in total. The van der Waals surface area contributed by atoms with Crippen molar-refractivity contribution in [3.63, 3.8) is 0 Å². The fourth-order valence-electron chi connectivity index (χ4n) is 1.90. The summed E-state index contributed by atoms with van der Waals surface area (Å²) in [6, 6.07) is 11.6. The lowest BCUT2D eigenvalue weighted by atomic mass is 9.86. The van der Waals surface area contributed by atoms with Gasteiger partial charge in [0.1, 0.15) is 6.04 Å². The van der Waals surface area contributed by atoms with Crippen molar-refractivity contribution in [3.8, 4) is 6.07 Å². The molecule has 1 aromatic rings. The predicted octanol–water partition coefficient (Wildman–Crippen LogP) is 2.97. The zero-order valence-corrected chi connectivity index (χ0v) is 11.5. The van der Waals surface area contributed by atoms with Crippen molar-refractivity contribution in [2.24, 2.45) is 5.41 Å². The highest BCUT2D eigenvalue weighted by Gasteiger charge is 2.32. The van der Waals surface area contributed by atoms with Gasteiger partial charge in [-0.3, -0.25) is 4.79 Å². The number of nitriles is 1. The SMILES string of the molecule is CC(=O)N(Cc1ccccc1)[C@H](C#N)C(C)(C)C. The quantitative estimate of drug-likeness (QED) is 0.820. The van der Waals surface area contributed by atoms with Gasteiger partial charge in [0.25, 0.3) is 0 Å². The predicted molar refractivity (Wildman–Crippen MR) is 71.5 cm³/mol. The molecule has 1 amide bonds. The summed E-state index contributed by atoms with van der Waals surface area (Å²) < 4.78 is 0. The molecule has 0 fully saturated rings. The maximum absolute atomic E-state index is 11.8. The van der Waals surface area contributed by atoms with Crippen molar-refractivity contribution in [1.29, 1.82) is 5.26 Å². The molecule has 0 aliphatic heterocycles. The van der Waals surface area contributed by atoms with E-state index in [2.05, 4.69) is 6.07 Å². The first kappa shape index (κ1) is 14.2. The van der Waals surface area contributed by atoms with E-state index in [1.807, 2.05) is 51.1 Å². The molecule has 1 rings (SSSR count). The molecule has 0 bridgehead atoms. The number of hydrogen-bond acceptors (Lipinski definition) is 2. The van der Waals surface area contributed by atoms with E-state index >= 15 is 0 Å². The van der Waals surface area contributed by atoms with Crippen LogP contribution in [0.4, 0.5) is 0 Å². The normalized spacial score (nSPS) is 12.6. The Balaban J connectivity index is 2.97. The Bertz CT molecular complexity index is 440. The molecule has 18 heavy (non-hydrogen) atoms. The maximum atomic E-state index is 11.8. The second kappa shape index (κ2) is 5.68. The second-order valence-corrected chi connectivity index (χ2v) is 5.53. The fourth-order valence-corrected chi connectivity index (χ4v) is 1.90. The molecule has 1 aromatic carbocycles. The van der Waals surface area contributed by atoms with E-state index in [9.17, 15) is 10.1 Å². The first-order chi connectivity index (χ1) is 8.36. The van der Waals surface area contributed by atoms with Crippen LogP contribution < -0.4 is 0 Å². The van der Waals surface area contributed by atoms with Crippen molar-refractivity contribution in [1.82, 2.24) is 4.90 Å². The van der Waals surface area contributed by atoms with Gasteiger partial charge in [-0.25, -0.2) is 0 Å². The Hall–Kier alpha value is -1.82. The van der Waals surface area contributed by atoms with E-state index in [1.54, 1.807) is 4.90 Å². The van der Waals surface area contributed by atoms with Gasteiger partial charge >= 0.3 is 0 Å². The third-order valence-corrected chi connectivity index (χ3v) is 2.85. The molecular weight excluding hydrogens is 224 g/mol. The highest BCUT2D eigenvalue weighted by molar-refractivity contribution is 5.74. The zero-order valence-electron chi connectivity index (χ0n) is 11.5. The lowest BCUT2D eigenvalue weighted by Gasteiger charge is -2.35. The fraction of sp³-hybridized carbons (Fsp3) is 0.467. The van der Waals surface area contributed by atoms with Crippen LogP contribution in [0.3, 0.4) is 0 Å². The zero-order chi connectivity index (χ0) is 13.8. The standard InChI is InChI=1S/C15H20N2O/c1-12(18)17(14(10-16)15(2,3)4)11-13-8-6-5-7-9-13/h5-9,14H,11H2,1-4H3/t14-/m1/s1. The minimum atomic E-state index is -0.421. The molecule has 0 saturated heterocycles. The van der Waals surface area contributed by atoms with Crippen LogP contribution in [0.2, 0.25) is 0 Å². The van der Waals surface area contributed by atoms with Gasteiger partial charge in [-0.05, 0) is 11.0 Å². The van der Waals surface area contributed by atoms with E-state index < -0.39 is 6.04 Å². The van der Waals surface area contributed by atoms with Crippen molar-refractivity contribution in [2.75, 3.05) is 0 Å². The van der Waals surface area contributed by atoms with Gasteiger partial charge < -0.3 is 4.90 Å². The number of carbonyl (C=O) groups excluding carboxylic acids is 1. The van der Waals surface area contributed by atoms with Crippen LogP contribution in [-0.2, 0) is 11.3 Å². The number of hydrogen-bond donors (Lipinski definition) is 0. The first-order valence-corrected chi connectivity index (χ1v) is 6.07. The smallest absolute Gasteiger partial charge is 0.220 e. The summed E-state index contributed by atoms with van der Waals surface area (Å²) in [7, 11) is 0. The number of rotatable bonds is 3. The molecule has 0 spiro atoms. The minimum absolute atomic E-state index is 0.0691. The Morgan fingerprint density at radius 2 is 1.89 bits per heavy atom. The molecule has 96 valence electrons. The van der Waals surface area contributed by atoms with Gasteiger partial charge in [0.05, 0.1) is 6.07 Å². The molecule has 0 aromatic heterocycles. The van der Waals surface area contributed by atoms with Crippen LogP contribution >= 0.6 is 0 Å². The van der Waals surface area contributed by atoms with Crippen LogP contribution in [0.1, 0.15) is 33.3 Å². The maximum Gasteiger partial charge on any atom is 0.220 e. The monoisotopic (exact) mass is 244 g/mol. The van der Waals surface area contributed by atoms with Gasteiger partial charge in [0, 0.05) is 13.5 Å². The topological polar surface area (TPSA) is 44.1 Å². The highest BCUT2D eigenvalue weighted by atomic mass is 16.2. The van der Waals surface area contributed by atoms with Crippen molar-refractivity contribution < 1.29 is 4.79 Å². The molecule has 0 N–H and O–H groups in total. The van der Waals surface area contributed by atoms with Gasteiger partial charge in [0.2, 0.25) is 5.91 Å². The summed E-state index contributed by atoms with van der Waals surface area (Å²) in [4.78, 5) is 13.4. The van der Waals surface area contributed by atoms with Crippen LogP contribution in [0, 0.1) is 16.7 Å². The van der Waals surface area contributed by atoms with E-state index in [0.717, 1.165) is 5.56 Å². The Labute approximate surface area is 109 Å². The summed E-state index contributed by atoms with van der Waals surface area (Å²) in [5.41, 5.74) is 0.784. The largest absolute Gasteiger partial charge is 0.322 e. The van der Waals surface area contributed by atoms with Crippen molar-refractivity contribution in [3.05, 3.63) is 35.9 Å². The first-order valence-electron chi connectivity index (χ1n) is 6.07. The number of amides is 1. The third kappa shape index (κ3) is 3.59. The molecule has 0 unspecified atom stereocenters. The van der Waals surface area contributed by atoms with Gasteiger partial charge in [0.15, 0.2) is 0 Å². The Kier molecular flexibility index (Phi) is 4.49. The molecule has 0 aliphatic rings. The van der Waals surface area contributed by atoms with Crippen LogP contribution in [0.25, 0.3) is 0 Å². The van der Waals surface area contributed by atoms with E-state index in [0.29, 0.717) is 6.54 Å². The average molecular weight is 244 g/mol. The molecule has 0 saturated carbocycles.